The molecule has 1 aromatic rings. The first kappa shape index (κ1) is 16.8. The Morgan fingerprint density at radius 1 is 1.29 bits per heavy atom. The number of benzene rings is 1. The molecule has 21 heavy (non-hydrogen) atoms. The van der Waals surface area contributed by atoms with E-state index in [1.165, 1.54) is 24.8 Å². The van der Waals surface area contributed by atoms with E-state index in [0.717, 1.165) is 35.4 Å². The Labute approximate surface area is 137 Å². The molecule has 0 saturated heterocycles. The fourth-order valence-corrected chi connectivity index (χ4v) is 3.64. The van der Waals surface area contributed by atoms with Gasteiger partial charge < -0.3 is 9.84 Å². The van der Waals surface area contributed by atoms with Gasteiger partial charge in [-0.1, -0.05) is 28.9 Å². The number of aliphatic hydroxyl groups is 1. The van der Waals surface area contributed by atoms with Crippen molar-refractivity contribution in [3.05, 3.63) is 28.2 Å². The highest BCUT2D eigenvalue weighted by atomic mass is 79.9. The smallest absolute Gasteiger partial charge is 0.123 e. The first-order valence-corrected chi connectivity index (χ1v) is 8.92. The topological polar surface area (TPSA) is 29.5 Å². The summed E-state index contributed by atoms with van der Waals surface area (Å²) in [6.45, 7) is 4.67. The van der Waals surface area contributed by atoms with Gasteiger partial charge in [0.1, 0.15) is 5.75 Å². The van der Waals surface area contributed by atoms with E-state index in [1.807, 2.05) is 6.07 Å². The molecule has 1 aromatic carbocycles. The standard InChI is InChI=1S/C18H27BrO2/c1-13(10-11-20)12-15-6-8-16(9-7-15)21-18-5-3-4-17(19)14(18)2/h3-5,13,15-16,20H,6-12H2,1-2H3/t13-,15?,16?/m0/s1. The monoisotopic (exact) mass is 354 g/mol. The van der Waals surface area contributed by atoms with E-state index in [4.69, 9.17) is 9.84 Å². The van der Waals surface area contributed by atoms with Crippen LogP contribution in [0.4, 0.5) is 0 Å². The molecule has 1 saturated carbocycles. The third kappa shape index (κ3) is 5.00. The Balaban J connectivity index is 1.80. The van der Waals surface area contributed by atoms with Crippen molar-refractivity contribution in [1.82, 2.24) is 0 Å². The molecule has 0 bridgehead atoms. The fourth-order valence-electron chi connectivity index (χ4n) is 3.29. The average molecular weight is 355 g/mol. The lowest BCUT2D eigenvalue weighted by molar-refractivity contribution is 0.120. The van der Waals surface area contributed by atoms with E-state index in [-0.39, 0.29) is 0 Å². The van der Waals surface area contributed by atoms with Crippen LogP contribution >= 0.6 is 15.9 Å². The number of rotatable bonds is 6. The van der Waals surface area contributed by atoms with Gasteiger partial charge in [-0.05, 0) is 69.4 Å². The van der Waals surface area contributed by atoms with Crippen LogP contribution in [-0.2, 0) is 0 Å². The second-order valence-electron chi connectivity index (χ2n) is 6.48. The predicted octanol–water partition coefficient (Wildman–Crippen LogP) is 5.10. The van der Waals surface area contributed by atoms with E-state index in [2.05, 4.69) is 41.9 Å². The van der Waals surface area contributed by atoms with Crippen molar-refractivity contribution in [2.24, 2.45) is 11.8 Å². The lowest BCUT2D eigenvalue weighted by Gasteiger charge is -2.30. The highest BCUT2D eigenvalue weighted by Crippen LogP contribution is 2.34. The lowest BCUT2D eigenvalue weighted by atomic mass is 9.81. The molecular weight excluding hydrogens is 328 g/mol. The molecule has 0 radical (unpaired) electrons. The van der Waals surface area contributed by atoms with Gasteiger partial charge in [0.2, 0.25) is 0 Å². The first-order valence-electron chi connectivity index (χ1n) is 8.12. The van der Waals surface area contributed by atoms with Crippen LogP contribution in [0, 0.1) is 18.8 Å². The highest BCUT2D eigenvalue weighted by Gasteiger charge is 2.24. The SMILES string of the molecule is Cc1c(Br)cccc1OC1CCC(C[C@@H](C)CCO)CC1. The third-order valence-corrected chi connectivity index (χ3v) is 5.52. The third-order valence-electron chi connectivity index (χ3n) is 4.66. The highest BCUT2D eigenvalue weighted by molar-refractivity contribution is 9.10. The zero-order valence-corrected chi connectivity index (χ0v) is 14.7. The van der Waals surface area contributed by atoms with E-state index >= 15 is 0 Å². The summed E-state index contributed by atoms with van der Waals surface area (Å²) in [5.41, 5.74) is 1.19. The molecule has 0 amide bonds. The van der Waals surface area contributed by atoms with Gasteiger partial charge in [0.05, 0.1) is 6.10 Å². The van der Waals surface area contributed by atoms with Gasteiger partial charge in [-0.2, -0.15) is 0 Å². The molecule has 0 spiro atoms. The maximum Gasteiger partial charge on any atom is 0.123 e. The van der Waals surface area contributed by atoms with Crippen LogP contribution in [0.1, 0.15) is 51.0 Å². The molecule has 118 valence electrons. The minimum absolute atomic E-state index is 0.321. The van der Waals surface area contributed by atoms with Crippen LogP contribution in [0.3, 0.4) is 0 Å². The molecule has 2 nitrogen and oxygen atoms in total. The summed E-state index contributed by atoms with van der Waals surface area (Å²) in [7, 11) is 0. The molecule has 2 rings (SSSR count). The number of ether oxygens (including phenoxy) is 1. The largest absolute Gasteiger partial charge is 0.490 e. The quantitative estimate of drug-likeness (QED) is 0.769. The molecule has 0 aromatic heterocycles. The van der Waals surface area contributed by atoms with E-state index < -0.39 is 0 Å². The minimum Gasteiger partial charge on any atom is -0.490 e. The van der Waals surface area contributed by atoms with Crippen molar-refractivity contribution in [2.75, 3.05) is 6.61 Å². The number of hydrogen-bond donors (Lipinski definition) is 1. The van der Waals surface area contributed by atoms with Crippen LogP contribution in [0.2, 0.25) is 0 Å². The maximum absolute atomic E-state index is 9.00. The fraction of sp³-hybridized carbons (Fsp3) is 0.667. The van der Waals surface area contributed by atoms with E-state index in [0.29, 0.717) is 18.6 Å². The summed E-state index contributed by atoms with van der Waals surface area (Å²) in [6, 6.07) is 6.16. The van der Waals surface area contributed by atoms with Crippen LogP contribution in [-0.4, -0.2) is 17.8 Å². The van der Waals surface area contributed by atoms with Crippen molar-refractivity contribution in [2.45, 2.75) is 58.5 Å². The zero-order valence-electron chi connectivity index (χ0n) is 13.1. The molecule has 1 aliphatic carbocycles. The van der Waals surface area contributed by atoms with Gasteiger partial charge in [-0.15, -0.1) is 0 Å². The number of halogens is 1. The lowest BCUT2D eigenvalue weighted by Crippen LogP contribution is -2.25. The van der Waals surface area contributed by atoms with Crippen molar-refractivity contribution < 1.29 is 9.84 Å². The Morgan fingerprint density at radius 3 is 2.67 bits per heavy atom. The molecule has 0 heterocycles. The van der Waals surface area contributed by atoms with Crippen molar-refractivity contribution in [1.29, 1.82) is 0 Å². The molecule has 1 fully saturated rings. The summed E-state index contributed by atoms with van der Waals surface area (Å²) in [5, 5.41) is 9.00. The summed E-state index contributed by atoms with van der Waals surface area (Å²) in [5.74, 6) is 2.47. The van der Waals surface area contributed by atoms with Gasteiger partial charge in [-0.25, -0.2) is 0 Å². The van der Waals surface area contributed by atoms with Crippen molar-refractivity contribution >= 4 is 15.9 Å². The average Bonchev–Trinajstić information content (AvgIpc) is 2.46. The summed E-state index contributed by atoms with van der Waals surface area (Å²) < 4.78 is 7.31. The minimum atomic E-state index is 0.321. The molecular formula is C18H27BrO2. The first-order chi connectivity index (χ1) is 10.1. The molecule has 0 aliphatic heterocycles. The zero-order chi connectivity index (χ0) is 15.2. The second-order valence-corrected chi connectivity index (χ2v) is 7.33. The molecule has 1 atom stereocenters. The second kappa shape index (κ2) is 8.19. The van der Waals surface area contributed by atoms with Crippen molar-refractivity contribution in [3.63, 3.8) is 0 Å². The maximum atomic E-state index is 9.00. The molecule has 0 unspecified atom stereocenters. The van der Waals surface area contributed by atoms with Crippen LogP contribution in [0.25, 0.3) is 0 Å². The Morgan fingerprint density at radius 2 is 2.00 bits per heavy atom. The summed E-state index contributed by atoms with van der Waals surface area (Å²) in [6.07, 6.45) is 7.38. The van der Waals surface area contributed by atoms with Crippen LogP contribution < -0.4 is 4.74 Å². The Kier molecular flexibility index (Phi) is 6.56. The number of hydrogen-bond acceptors (Lipinski definition) is 2. The van der Waals surface area contributed by atoms with Gasteiger partial charge >= 0.3 is 0 Å². The van der Waals surface area contributed by atoms with Crippen molar-refractivity contribution in [3.8, 4) is 5.75 Å². The Bertz CT molecular complexity index is 439. The van der Waals surface area contributed by atoms with Crippen LogP contribution in [0.5, 0.6) is 5.75 Å². The molecule has 1 N–H and O–H groups in total. The van der Waals surface area contributed by atoms with Gasteiger partial charge in [0.25, 0.3) is 0 Å². The number of aliphatic hydroxyl groups excluding tert-OH is 1. The normalized spacial score (nSPS) is 23.8. The molecule has 1 aliphatic rings. The predicted molar refractivity (Wildman–Crippen MR) is 90.7 cm³/mol. The van der Waals surface area contributed by atoms with E-state index in [1.54, 1.807) is 0 Å². The Hall–Kier alpha value is -0.540. The summed E-state index contributed by atoms with van der Waals surface area (Å²) in [4.78, 5) is 0. The van der Waals surface area contributed by atoms with Gasteiger partial charge in [-0.3, -0.25) is 0 Å². The molecule has 3 heteroatoms. The van der Waals surface area contributed by atoms with Gasteiger partial charge in [0, 0.05) is 16.6 Å². The summed E-state index contributed by atoms with van der Waals surface area (Å²) >= 11 is 3.56. The van der Waals surface area contributed by atoms with Gasteiger partial charge in [0.15, 0.2) is 0 Å². The van der Waals surface area contributed by atoms with E-state index in [9.17, 15) is 0 Å². The van der Waals surface area contributed by atoms with Crippen LogP contribution in [0.15, 0.2) is 22.7 Å².